The Morgan fingerprint density at radius 2 is 2.15 bits per heavy atom. The molecule has 0 saturated heterocycles. The first-order chi connectivity index (χ1) is 9.43. The lowest BCUT2D eigenvalue weighted by Crippen LogP contribution is -2.35. The third-order valence-corrected chi connectivity index (χ3v) is 2.82. The maximum atomic E-state index is 11.0. The highest BCUT2D eigenvalue weighted by Crippen LogP contribution is 2.28. The van der Waals surface area contributed by atoms with Crippen molar-refractivity contribution in [2.24, 2.45) is 0 Å². The van der Waals surface area contributed by atoms with Crippen LogP contribution in [0.4, 0.5) is 5.69 Å². The molecule has 1 rings (SSSR count). The van der Waals surface area contributed by atoms with Gasteiger partial charge in [0, 0.05) is 18.7 Å². The van der Waals surface area contributed by atoms with E-state index < -0.39 is 11.0 Å². The predicted octanol–water partition coefficient (Wildman–Crippen LogP) is 1.89. The summed E-state index contributed by atoms with van der Waals surface area (Å²) in [6.45, 7) is 6.29. The highest BCUT2D eigenvalue weighted by atomic mass is 16.6. The van der Waals surface area contributed by atoms with Crippen molar-refractivity contribution in [1.29, 1.82) is 0 Å². The van der Waals surface area contributed by atoms with Gasteiger partial charge >= 0.3 is 5.69 Å². The van der Waals surface area contributed by atoms with Crippen LogP contribution >= 0.6 is 0 Å². The first-order valence-electron chi connectivity index (χ1n) is 6.75. The van der Waals surface area contributed by atoms with Gasteiger partial charge in [0.25, 0.3) is 0 Å². The van der Waals surface area contributed by atoms with E-state index in [1.165, 1.54) is 6.07 Å². The number of aliphatic hydroxyl groups is 1. The number of nitro groups is 1. The summed E-state index contributed by atoms with van der Waals surface area (Å²) in [5.74, 6) is 0.191. The molecule has 0 radical (unpaired) electrons. The summed E-state index contributed by atoms with van der Waals surface area (Å²) in [5.41, 5.74) is 0.819. The number of hydrogen-bond acceptors (Lipinski definition) is 5. The molecule has 2 N–H and O–H groups in total. The van der Waals surface area contributed by atoms with Gasteiger partial charge in [-0.25, -0.2) is 0 Å². The van der Waals surface area contributed by atoms with Crippen LogP contribution in [-0.2, 0) is 6.42 Å². The zero-order chi connectivity index (χ0) is 15.1. The minimum atomic E-state index is -0.706. The van der Waals surface area contributed by atoms with Gasteiger partial charge in [0.2, 0.25) is 0 Å². The fourth-order valence-corrected chi connectivity index (χ4v) is 1.66. The Bertz CT molecular complexity index is 449. The molecule has 0 aliphatic rings. The zero-order valence-electron chi connectivity index (χ0n) is 12.1. The van der Waals surface area contributed by atoms with Crippen molar-refractivity contribution in [3.63, 3.8) is 0 Å². The number of hydrogen-bond donors (Lipinski definition) is 2. The smallest absolute Gasteiger partial charge is 0.311 e. The Kier molecular flexibility index (Phi) is 6.41. The molecular formula is C14H22N2O4. The van der Waals surface area contributed by atoms with Gasteiger partial charge < -0.3 is 15.2 Å². The number of aliphatic hydroxyl groups excluding tert-OH is 1. The number of aryl methyl sites for hydroxylation is 1. The first kappa shape index (κ1) is 16.4. The summed E-state index contributed by atoms with van der Waals surface area (Å²) in [4.78, 5) is 10.5. The number of nitrogens with one attached hydrogen (secondary N) is 1. The molecule has 20 heavy (non-hydrogen) atoms. The van der Waals surface area contributed by atoms with Gasteiger partial charge in [-0.15, -0.1) is 0 Å². The van der Waals surface area contributed by atoms with Crippen LogP contribution in [0.5, 0.6) is 5.75 Å². The van der Waals surface area contributed by atoms with Crippen molar-refractivity contribution in [2.45, 2.75) is 39.3 Å². The van der Waals surface area contributed by atoms with E-state index >= 15 is 0 Å². The number of rotatable bonds is 8. The van der Waals surface area contributed by atoms with E-state index in [0.29, 0.717) is 6.54 Å². The van der Waals surface area contributed by atoms with E-state index in [2.05, 4.69) is 5.32 Å². The van der Waals surface area contributed by atoms with Crippen molar-refractivity contribution >= 4 is 5.69 Å². The molecule has 6 nitrogen and oxygen atoms in total. The van der Waals surface area contributed by atoms with Crippen molar-refractivity contribution < 1.29 is 14.8 Å². The molecule has 0 fully saturated rings. The summed E-state index contributed by atoms with van der Waals surface area (Å²) in [6, 6.07) is 5.15. The van der Waals surface area contributed by atoms with Crippen LogP contribution in [0.1, 0.15) is 26.3 Å². The highest BCUT2D eigenvalue weighted by molar-refractivity contribution is 5.48. The lowest BCUT2D eigenvalue weighted by Gasteiger charge is -2.15. The average Bonchev–Trinajstić information content (AvgIpc) is 2.42. The van der Waals surface area contributed by atoms with E-state index in [9.17, 15) is 15.2 Å². The summed E-state index contributed by atoms with van der Waals surface area (Å²) in [7, 11) is 0. The van der Waals surface area contributed by atoms with Gasteiger partial charge in [-0.05, 0) is 18.1 Å². The first-order valence-corrected chi connectivity index (χ1v) is 6.75. The third kappa shape index (κ3) is 5.14. The fraction of sp³-hybridized carbons (Fsp3) is 0.571. The van der Waals surface area contributed by atoms with Crippen molar-refractivity contribution in [3.05, 3.63) is 33.9 Å². The Hall–Kier alpha value is -1.66. The SMILES string of the molecule is CCc1ccc(OCC(O)CNC(C)C)c([N+](=O)[O-])c1. The number of nitro benzene ring substituents is 1. The van der Waals surface area contributed by atoms with Crippen LogP contribution in [-0.4, -0.2) is 35.3 Å². The van der Waals surface area contributed by atoms with E-state index in [1.54, 1.807) is 12.1 Å². The van der Waals surface area contributed by atoms with Gasteiger partial charge in [0.05, 0.1) is 4.92 Å². The van der Waals surface area contributed by atoms with E-state index in [-0.39, 0.29) is 24.1 Å². The van der Waals surface area contributed by atoms with Crippen molar-refractivity contribution in [2.75, 3.05) is 13.2 Å². The molecule has 0 aliphatic heterocycles. The Morgan fingerprint density at radius 1 is 1.45 bits per heavy atom. The van der Waals surface area contributed by atoms with Gasteiger partial charge in [0.1, 0.15) is 12.7 Å². The van der Waals surface area contributed by atoms with Crippen LogP contribution in [0.15, 0.2) is 18.2 Å². The van der Waals surface area contributed by atoms with Gasteiger partial charge in [-0.2, -0.15) is 0 Å². The van der Waals surface area contributed by atoms with Crippen molar-refractivity contribution in [3.8, 4) is 5.75 Å². The maximum Gasteiger partial charge on any atom is 0.311 e. The monoisotopic (exact) mass is 282 g/mol. The highest BCUT2D eigenvalue weighted by Gasteiger charge is 2.17. The summed E-state index contributed by atoms with van der Waals surface area (Å²) >= 11 is 0. The minimum Gasteiger partial charge on any atom is -0.484 e. The molecule has 0 aliphatic carbocycles. The second-order valence-electron chi connectivity index (χ2n) is 4.94. The fourth-order valence-electron chi connectivity index (χ4n) is 1.66. The van der Waals surface area contributed by atoms with E-state index in [1.807, 2.05) is 20.8 Å². The molecule has 0 saturated carbocycles. The van der Waals surface area contributed by atoms with Crippen LogP contribution < -0.4 is 10.1 Å². The summed E-state index contributed by atoms with van der Waals surface area (Å²) in [6.07, 6.45) is 0.0186. The predicted molar refractivity (Wildman–Crippen MR) is 77.1 cm³/mol. The molecule has 1 unspecified atom stereocenters. The lowest BCUT2D eigenvalue weighted by atomic mass is 10.1. The third-order valence-electron chi connectivity index (χ3n) is 2.82. The van der Waals surface area contributed by atoms with Crippen LogP contribution in [0.3, 0.4) is 0 Å². The van der Waals surface area contributed by atoms with Crippen LogP contribution in [0.2, 0.25) is 0 Å². The quantitative estimate of drug-likeness (QED) is 0.562. The molecule has 112 valence electrons. The zero-order valence-corrected chi connectivity index (χ0v) is 12.1. The molecule has 0 aromatic heterocycles. The standard InChI is InChI=1S/C14H22N2O4/c1-4-11-5-6-14(13(7-11)16(18)19)20-9-12(17)8-15-10(2)3/h5-7,10,12,15,17H,4,8-9H2,1-3H3. The van der Waals surface area contributed by atoms with Crippen molar-refractivity contribution in [1.82, 2.24) is 5.32 Å². The topological polar surface area (TPSA) is 84.6 Å². The molecule has 0 spiro atoms. The average molecular weight is 282 g/mol. The number of ether oxygens (including phenoxy) is 1. The Labute approximate surface area is 118 Å². The Balaban J connectivity index is 2.65. The second-order valence-corrected chi connectivity index (χ2v) is 4.94. The number of nitrogens with zero attached hydrogens (tertiary/aromatic N) is 1. The molecular weight excluding hydrogens is 260 g/mol. The maximum absolute atomic E-state index is 11.0. The molecule has 6 heteroatoms. The number of benzene rings is 1. The largest absolute Gasteiger partial charge is 0.484 e. The molecule has 1 atom stereocenters. The van der Waals surface area contributed by atoms with E-state index in [0.717, 1.165) is 12.0 Å². The van der Waals surface area contributed by atoms with Crippen LogP contribution in [0, 0.1) is 10.1 Å². The van der Waals surface area contributed by atoms with Gasteiger partial charge in [-0.1, -0.05) is 26.8 Å². The Morgan fingerprint density at radius 3 is 2.70 bits per heavy atom. The molecule has 1 aromatic carbocycles. The molecule has 0 amide bonds. The summed E-state index contributed by atoms with van der Waals surface area (Å²) in [5, 5.41) is 23.8. The van der Waals surface area contributed by atoms with Crippen LogP contribution in [0.25, 0.3) is 0 Å². The molecule has 1 aromatic rings. The molecule has 0 bridgehead atoms. The van der Waals surface area contributed by atoms with Gasteiger partial charge in [-0.3, -0.25) is 10.1 Å². The molecule has 0 heterocycles. The lowest BCUT2D eigenvalue weighted by molar-refractivity contribution is -0.386. The van der Waals surface area contributed by atoms with E-state index in [4.69, 9.17) is 4.74 Å². The second kappa shape index (κ2) is 7.81. The van der Waals surface area contributed by atoms with Gasteiger partial charge in [0.15, 0.2) is 5.75 Å². The summed E-state index contributed by atoms with van der Waals surface area (Å²) < 4.78 is 5.36. The normalized spacial score (nSPS) is 12.4. The minimum absolute atomic E-state index is 0.0199.